The summed E-state index contributed by atoms with van der Waals surface area (Å²) >= 11 is 6.69. The molecule has 106 valence electrons. The molecule has 0 aromatic carbocycles. The van der Waals surface area contributed by atoms with E-state index in [-0.39, 0.29) is 11.7 Å². The number of Topliss-reactive ketones (excluding diaryl/α,β-unsaturated/α-hetero) is 1. The summed E-state index contributed by atoms with van der Waals surface area (Å²) in [7, 11) is 0. The Morgan fingerprint density at radius 1 is 1.26 bits per heavy atom. The lowest BCUT2D eigenvalue weighted by Gasteiger charge is -2.14. The van der Waals surface area contributed by atoms with E-state index < -0.39 is 0 Å². The highest BCUT2D eigenvalue weighted by Crippen LogP contribution is 2.19. The molecular weight excluding hydrogens is 278 g/mol. The molecule has 1 aliphatic heterocycles. The van der Waals surface area contributed by atoms with Gasteiger partial charge in [0.05, 0.1) is 0 Å². The fraction of sp³-hybridized carbons (Fsp3) is 0.643. The van der Waals surface area contributed by atoms with Gasteiger partial charge >= 0.3 is 0 Å². The second kappa shape index (κ2) is 8.48. The van der Waals surface area contributed by atoms with Crippen molar-refractivity contribution >= 4 is 40.0 Å². The van der Waals surface area contributed by atoms with Crippen LogP contribution in [0.4, 0.5) is 0 Å². The number of nitrogens with zero attached hydrogens (tertiary/aromatic N) is 1. The Balaban J connectivity index is 2.05. The Kier molecular flexibility index (Phi) is 7.31. The number of allylic oxidation sites excluding steroid dienone is 1. The van der Waals surface area contributed by atoms with Crippen molar-refractivity contribution in [1.82, 2.24) is 4.90 Å². The quantitative estimate of drug-likeness (QED) is 0.391. The molecule has 1 heterocycles. The van der Waals surface area contributed by atoms with Crippen LogP contribution < -0.4 is 0 Å². The van der Waals surface area contributed by atoms with Crippen LogP contribution in [0.5, 0.6) is 0 Å². The minimum Gasteiger partial charge on any atom is -0.297 e. The molecule has 0 saturated carbocycles. The molecule has 0 bridgehead atoms. The largest absolute Gasteiger partial charge is 0.297 e. The molecule has 0 radical (unpaired) electrons. The predicted molar refractivity (Wildman–Crippen MR) is 84.3 cm³/mol. The number of hydrogen-bond donors (Lipinski definition) is 0. The van der Waals surface area contributed by atoms with Crippen LogP contribution in [-0.2, 0) is 9.59 Å². The summed E-state index contributed by atoms with van der Waals surface area (Å²) in [5.74, 6) is 1.22. The average Bonchev–Trinajstić information content (AvgIpc) is 2.79. The first-order valence-electron chi connectivity index (χ1n) is 6.68. The van der Waals surface area contributed by atoms with Crippen molar-refractivity contribution in [1.29, 1.82) is 0 Å². The minimum absolute atomic E-state index is 0.146. The maximum atomic E-state index is 11.8. The first-order valence-corrected chi connectivity index (χ1v) is 8.07. The molecular formula is C14H21NO2S2. The Hall–Kier alpha value is -0.680. The van der Waals surface area contributed by atoms with Crippen molar-refractivity contribution in [3.63, 3.8) is 0 Å². The van der Waals surface area contributed by atoms with Crippen LogP contribution in [0.1, 0.15) is 45.4 Å². The normalized spacial score (nSPS) is 14.8. The zero-order valence-corrected chi connectivity index (χ0v) is 13.1. The summed E-state index contributed by atoms with van der Waals surface area (Å²) in [6, 6.07) is 0. The molecule has 1 fully saturated rings. The Labute approximate surface area is 124 Å². The first-order chi connectivity index (χ1) is 9.02. The fourth-order valence-electron chi connectivity index (χ4n) is 1.88. The Morgan fingerprint density at radius 3 is 2.42 bits per heavy atom. The van der Waals surface area contributed by atoms with Crippen molar-refractivity contribution in [3.8, 4) is 0 Å². The first kappa shape index (κ1) is 16.4. The summed E-state index contributed by atoms with van der Waals surface area (Å²) in [4.78, 5) is 24.9. The molecule has 0 unspecified atom stereocenters. The van der Waals surface area contributed by atoms with Gasteiger partial charge in [-0.25, -0.2) is 0 Å². The summed E-state index contributed by atoms with van der Waals surface area (Å²) in [5, 5.41) is 0. The zero-order valence-electron chi connectivity index (χ0n) is 11.4. The number of unbranched alkanes of at least 4 members (excludes halogenated alkanes) is 3. The van der Waals surface area contributed by atoms with E-state index in [0.29, 0.717) is 18.4 Å². The molecule has 0 spiro atoms. The highest BCUT2D eigenvalue weighted by atomic mass is 32.2. The monoisotopic (exact) mass is 299 g/mol. The van der Waals surface area contributed by atoms with Gasteiger partial charge in [-0.15, -0.1) is 0 Å². The SMILES string of the molecule is C=C(C)C(=O)CCCCCCC(=O)N1CCSC1=S. The van der Waals surface area contributed by atoms with Crippen LogP contribution >= 0.6 is 24.0 Å². The number of amides is 1. The van der Waals surface area contributed by atoms with Gasteiger partial charge in [0.1, 0.15) is 4.32 Å². The number of ketones is 1. The summed E-state index contributed by atoms with van der Waals surface area (Å²) in [6.07, 6.45) is 4.89. The van der Waals surface area contributed by atoms with E-state index in [9.17, 15) is 9.59 Å². The maximum Gasteiger partial charge on any atom is 0.228 e. The topological polar surface area (TPSA) is 37.4 Å². The van der Waals surface area contributed by atoms with Gasteiger partial charge in [0, 0.05) is 25.1 Å². The van der Waals surface area contributed by atoms with Crippen molar-refractivity contribution in [2.45, 2.75) is 45.4 Å². The van der Waals surface area contributed by atoms with Gasteiger partial charge in [0.25, 0.3) is 0 Å². The summed E-state index contributed by atoms with van der Waals surface area (Å²) < 4.78 is 0.719. The van der Waals surface area contributed by atoms with Crippen molar-refractivity contribution < 1.29 is 9.59 Å². The van der Waals surface area contributed by atoms with Crippen LogP contribution in [-0.4, -0.2) is 33.2 Å². The smallest absolute Gasteiger partial charge is 0.228 e. The number of carbonyl (C=O) groups is 2. The minimum atomic E-state index is 0.146. The molecule has 1 aliphatic rings. The van der Waals surface area contributed by atoms with Crippen LogP contribution in [0.3, 0.4) is 0 Å². The summed E-state index contributed by atoms with van der Waals surface area (Å²) in [6.45, 7) is 6.14. The molecule has 1 saturated heterocycles. The van der Waals surface area contributed by atoms with Crippen LogP contribution in [0.15, 0.2) is 12.2 Å². The van der Waals surface area contributed by atoms with Gasteiger partial charge in [-0.1, -0.05) is 43.4 Å². The lowest BCUT2D eigenvalue weighted by molar-refractivity contribution is -0.127. The van der Waals surface area contributed by atoms with Crippen LogP contribution in [0.25, 0.3) is 0 Å². The average molecular weight is 299 g/mol. The number of carbonyl (C=O) groups excluding carboxylic acids is 2. The van der Waals surface area contributed by atoms with E-state index in [1.54, 1.807) is 23.6 Å². The number of thioether (sulfide) groups is 1. The van der Waals surface area contributed by atoms with E-state index in [0.717, 1.165) is 42.3 Å². The number of thiocarbonyl (C=S) groups is 1. The third kappa shape index (κ3) is 5.87. The van der Waals surface area contributed by atoms with Gasteiger partial charge < -0.3 is 0 Å². The Morgan fingerprint density at radius 2 is 1.89 bits per heavy atom. The molecule has 0 aromatic rings. The van der Waals surface area contributed by atoms with Crippen LogP contribution in [0.2, 0.25) is 0 Å². The molecule has 0 aliphatic carbocycles. The van der Waals surface area contributed by atoms with Crippen molar-refractivity contribution in [2.24, 2.45) is 0 Å². The highest BCUT2D eigenvalue weighted by Gasteiger charge is 2.23. The molecule has 0 atom stereocenters. The molecule has 0 aromatic heterocycles. The van der Waals surface area contributed by atoms with E-state index in [1.807, 2.05) is 0 Å². The molecule has 1 amide bonds. The third-order valence-corrected chi connectivity index (χ3v) is 4.51. The van der Waals surface area contributed by atoms with Gasteiger partial charge in [0.15, 0.2) is 5.78 Å². The lowest BCUT2D eigenvalue weighted by atomic mass is 10.1. The molecule has 0 N–H and O–H groups in total. The van der Waals surface area contributed by atoms with Gasteiger partial charge in [-0.3, -0.25) is 14.5 Å². The summed E-state index contributed by atoms with van der Waals surface area (Å²) in [5.41, 5.74) is 0.634. The lowest BCUT2D eigenvalue weighted by Crippen LogP contribution is -2.30. The molecule has 5 heteroatoms. The van der Waals surface area contributed by atoms with Crippen molar-refractivity contribution in [3.05, 3.63) is 12.2 Å². The second-order valence-corrected chi connectivity index (χ2v) is 6.51. The number of rotatable bonds is 8. The second-order valence-electron chi connectivity index (χ2n) is 4.78. The molecule has 1 rings (SSSR count). The fourth-order valence-corrected chi connectivity index (χ4v) is 3.12. The van der Waals surface area contributed by atoms with Gasteiger partial charge in [0.2, 0.25) is 5.91 Å². The van der Waals surface area contributed by atoms with E-state index >= 15 is 0 Å². The van der Waals surface area contributed by atoms with E-state index in [1.165, 1.54) is 0 Å². The highest BCUT2D eigenvalue weighted by molar-refractivity contribution is 8.23. The zero-order chi connectivity index (χ0) is 14.3. The van der Waals surface area contributed by atoms with Crippen molar-refractivity contribution in [2.75, 3.05) is 12.3 Å². The molecule has 19 heavy (non-hydrogen) atoms. The third-order valence-electron chi connectivity index (χ3n) is 3.08. The standard InChI is InChI=1S/C14H21NO2S2/c1-11(2)12(16)7-5-3-4-6-8-13(17)15-9-10-19-14(15)18/h1,3-10H2,2H3. The maximum absolute atomic E-state index is 11.8. The van der Waals surface area contributed by atoms with E-state index in [4.69, 9.17) is 12.2 Å². The van der Waals surface area contributed by atoms with E-state index in [2.05, 4.69) is 6.58 Å². The molecule has 3 nitrogen and oxygen atoms in total. The van der Waals surface area contributed by atoms with Gasteiger partial charge in [-0.2, -0.15) is 0 Å². The Bertz CT molecular complexity index is 380. The van der Waals surface area contributed by atoms with Crippen LogP contribution in [0, 0.1) is 0 Å². The van der Waals surface area contributed by atoms with Gasteiger partial charge in [-0.05, 0) is 25.3 Å². The number of hydrogen-bond acceptors (Lipinski definition) is 4. The predicted octanol–water partition coefficient (Wildman–Crippen LogP) is 3.33.